The van der Waals surface area contributed by atoms with Crippen molar-refractivity contribution in [1.29, 1.82) is 0 Å². The van der Waals surface area contributed by atoms with Gasteiger partial charge in [-0.25, -0.2) is 0 Å². The largest absolute Gasteiger partial charge is 0.508 e. The lowest BCUT2D eigenvalue weighted by Crippen LogP contribution is -1.75. The minimum atomic E-state index is 0.252. The lowest BCUT2D eigenvalue weighted by atomic mass is 10.2. The van der Waals surface area contributed by atoms with Crippen molar-refractivity contribution in [2.45, 2.75) is 13.8 Å². The smallest absolute Gasteiger partial charge is 0.118 e. The van der Waals surface area contributed by atoms with Crippen LogP contribution >= 0.6 is 11.6 Å². The molecule has 0 radical (unpaired) electrons. The zero-order valence-corrected chi connectivity index (χ0v) is 10.9. The fraction of sp³-hybridized carbons (Fsp3) is 0.143. The summed E-state index contributed by atoms with van der Waals surface area (Å²) in [5, 5.41) is 18.3. The predicted molar refractivity (Wildman–Crippen MR) is 73.2 cm³/mol. The Bertz CT molecular complexity index is 609. The van der Waals surface area contributed by atoms with Crippen LogP contribution in [0.5, 0.6) is 5.75 Å². The molecular formula is C14H13ClN2O. The monoisotopic (exact) mass is 260 g/mol. The first kappa shape index (κ1) is 12.6. The number of rotatable bonds is 2. The number of azo groups is 1. The Labute approximate surface area is 111 Å². The molecule has 0 aliphatic carbocycles. The molecule has 4 heteroatoms. The van der Waals surface area contributed by atoms with Crippen LogP contribution in [0.25, 0.3) is 0 Å². The molecule has 0 atom stereocenters. The Balaban J connectivity index is 2.30. The number of aryl methyl sites for hydroxylation is 2. The SMILES string of the molecule is Cc1cc(N=Nc2cccc(C)c2Cl)ccc1O. The number of phenolic OH excluding ortho intramolecular Hbond substituents is 1. The van der Waals surface area contributed by atoms with Crippen molar-refractivity contribution in [2.75, 3.05) is 0 Å². The normalized spacial score (nSPS) is 11.1. The third-order valence-corrected chi connectivity index (χ3v) is 3.12. The van der Waals surface area contributed by atoms with Crippen LogP contribution < -0.4 is 0 Å². The summed E-state index contributed by atoms with van der Waals surface area (Å²) in [5.41, 5.74) is 3.06. The van der Waals surface area contributed by atoms with Crippen LogP contribution in [0.2, 0.25) is 5.02 Å². The highest BCUT2D eigenvalue weighted by Gasteiger charge is 2.01. The Morgan fingerprint density at radius 3 is 2.50 bits per heavy atom. The van der Waals surface area contributed by atoms with Crippen LogP contribution in [-0.2, 0) is 0 Å². The lowest BCUT2D eigenvalue weighted by Gasteiger charge is -2.01. The van der Waals surface area contributed by atoms with E-state index in [4.69, 9.17) is 11.6 Å². The van der Waals surface area contributed by atoms with Gasteiger partial charge in [-0.15, -0.1) is 5.11 Å². The molecule has 0 amide bonds. The van der Waals surface area contributed by atoms with Crippen molar-refractivity contribution in [2.24, 2.45) is 10.2 Å². The number of phenols is 1. The molecule has 0 bridgehead atoms. The Morgan fingerprint density at radius 1 is 1.00 bits per heavy atom. The summed E-state index contributed by atoms with van der Waals surface area (Å²) in [7, 11) is 0. The number of nitrogens with zero attached hydrogens (tertiary/aromatic N) is 2. The second-order valence-corrected chi connectivity index (χ2v) is 4.46. The van der Waals surface area contributed by atoms with E-state index in [2.05, 4.69) is 10.2 Å². The Morgan fingerprint density at radius 2 is 1.78 bits per heavy atom. The first-order chi connectivity index (χ1) is 8.58. The number of halogens is 1. The van der Waals surface area contributed by atoms with Crippen LogP contribution in [0.1, 0.15) is 11.1 Å². The van der Waals surface area contributed by atoms with Gasteiger partial charge in [0.05, 0.1) is 10.7 Å². The second-order valence-electron chi connectivity index (χ2n) is 4.08. The molecule has 18 heavy (non-hydrogen) atoms. The molecule has 0 saturated carbocycles. The maximum Gasteiger partial charge on any atom is 0.118 e. The average molecular weight is 261 g/mol. The summed E-state index contributed by atoms with van der Waals surface area (Å²) in [6, 6.07) is 10.7. The summed E-state index contributed by atoms with van der Waals surface area (Å²) >= 11 is 6.12. The van der Waals surface area contributed by atoms with Gasteiger partial charge in [0, 0.05) is 0 Å². The predicted octanol–water partition coefficient (Wildman–Crippen LogP) is 5.08. The van der Waals surface area contributed by atoms with Crippen molar-refractivity contribution >= 4 is 23.0 Å². The molecule has 92 valence electrons. The van der Waals surface area contributed by atoms with Gasteiger partial charge in [0.2, 0.25) is 0 Å². The lowest BCUT2D eigenvalue weighted by molar-refractivity contribution is 0.471. The van der Waals surface area contributed by atoms with E-state index in [9.17, 15) is 5.11 Å². The van der Waals surface area contributed by atoms with Crippen LogP contribution in [-0.4, -0.2) is 5.11 Å². The third-order valence-electron chi connectivity index (χ3n) is 2.62. The quantitative estimate of drug-likeness (QED) is 0.752. The van der Waals surface area contributed by atoms with Crippen LogP contribution in [0, 0.1) is 13.8 Å². The standard InChI is InChI=1S/C14H13ClN2O/c1-9-4-3-5-12(14(9)15)17-16-11-6-7-13(18)10(2)8-11/h3-8,18H,1-2H3. The summed E-state index contributed by atoms with van der Waals surface area (Å²) in [5.74, 6) is 0.252. The fourth-order valence-electron chi connectivity index (χ4n) is 1.52. The van der Waals surface area contributed by atoms with Gasteiger partial charge >= 0.3 is 0 Å². The molecule has 0 spiro atoms. The van der Waals surface area contributed by atoms with E-state index < -0.39 is 0 Å². The van der Waals surface area contributed by atoms with Crippen molar-refractivity contribution in [3.63, 3.8) is 0 Å². The van der Waals surface area contributed by atoms with Gasteiger partial charge in [0.15, 0.2) is 0 Å². The topological polar surface area (TPSA) is 45.0 Å². The molecule has 0 aliphatic heterocycles. The van der Waals surface area contributed by atoms with Crippen LogP contribution in [0.3, 0.4) is 0 Å². The fourth-order valence-corrected chi connectivity index (χ4v) is 1.69. The van der Waals surface area contributed by atoms with Gasteiger partial charge in [-0.3, -0.25) is 0 Å². The zero-order valence-electron chi connectivity index (χ0n) is 10.2. The highest BCUT2D eigenvalue weighted by Crippen LogP contribution is 2.30. The summed E-state index contributed by atoms with van der Waals surface area (Å²) in [4.78, 5) is 0. The molecular weight excluding hydrogens is 248 g/mol. The molecule has 1 N–H and O–H groups in total. The molecule has 2 aromatic rings. The molecule has 0 unspecified atom stereocenters. The molecule has 2 aromatic carbocycles. The number of hydrogen-bond acceptors (Lipinski definition) is 3. The van der Waals surface area contributed by atoms with Crippen LogP contribution in [0.15, 0.2) is 46.6 Å². The summed E-state index contributed by atoms with van der Waals surface area (Å²) < 4.78 is 0. The molecule has 0 aromatic heterocycles. The van der Waals surface area contributed by atoms with E-state index in [0.717, 1.165) is 11.1 Å². The molecule has 0 fully saturated rings. The van der Waals surface area contributed by atoms with Gasteiger partial charge in [0.1, 0.15) is 11.4 Å². The van der Waals surface area contributed by atoms with E-state index in [0.29, 0.717) is 16.4 Å². The van der Waals surface area contributed by atoms with Crippen LogP contribution in [0.4, 0.5) is 11.4 Å². The highest BCUT2D eigenvalue weighted by molar-refractivity contribution is 6.33. The maximum atomic E-state index is 9.42. The van der Waals surface area contributed by atoms with Gasteiger partial charge in [-0.2, -0.15) is 5.11 Å². The minimum absolute atomic E-state index is 0.252. The van der Waals surface area contributed by atoms with Crippen molar-refractivity contribution in [1.82, 2.24) is 0 Å². The van der Waals surface area contributed by atoms with E-state index in [1.54, 1.807) is 18.2 Å². The first-order valence-corrected chi connectivity index (χ1v) is 5.92. The third kappa shape index (κ3) is 2.68. The van der Waals surface area contributed by atoms with E-state index in [-0.39, 0.29) is 5.75 Å². The number of hydrogen-bond donors (Lipinski definition) is 1. The number of aromatic hydroxyl groups is 1. The first-order valence-electron chi connectivity index (χ1n) is 5.54. The van der Waals surface area contributed by atoms with Crippen molar-refractivity contribution in [3.8, 4) is 5.75 Å². The highest BCUT2D eigenvalue weighted by atomic mass is 35.5. The van der Waals surface area contributed by atoms with E-state index in [1.165, 1.54) is 0 Å². The summed E-state index contributed by atoms with van der Waals surface area (Å²) in [6.45, 7) is 3.74. The van der Waals surface area contributed by atoms with E-state index in [1.807, 2.05) is 32.0 Å². The molecule has 3 nitrogen and oxygen atoms in total. The number of benzene rings is 2. The van der Waals surface area contributed by atoms with Crippen molar-refractivity contribution < 1.29 is 5.11 Å². The van der Waals surface area contributed by atoms with Crippen molar-refractivity contribution in [3.05, 3.63) is 52.5 Å². The van der Waals surface area contributed by atoms with Gasteiger partial charge in [-0.05, 0) is 49.2 Å². The van der Waals surface area contributed by atoms with Gasteiger partial charge in [-0.1, -0.05) is 23.7 Å². The minimum Gasteiger partial charge on any atom is -0.508 e. The molecule has 2 rings (SSSR count). The van der Waals surface area contributed by atoms with Gasteiger partial charge < -0.3 is 5.11 Å². The molecule has 0 saturated heterocycles. The summed E-state index contributed by atoms with van der Waals surface area (Å²) in [6.07, 6.45) is 0. The Hall–Kier alpha value is -1.87. The molecule has 0 heterocycles. The second kappa shape index (κ2) is 5.19. The van der Waals surface area contributed by atoms with Gasteiger partial charge in [0.25, 0.3) is 0 Å². The Kier molecular flexibility index (Phi) is 3.63. The zero-order chi connectivity index (χ0) is 13.1. The average Bonchev–Trinajstić information content (AvgIpc) is 2.35. The molecule has 0 aliphatic rings. The maximum absolute atomic E-state index is 9.42. The van der Waals surface area contributed by atoms with E-state index >= 15 is 0 Å².